The molecule has 1 fully saturated rings. The molecule has 4 nitrogen and oxygen atoms in total. The van der Waals surface area contributed by atoms with Gasteiger partial charge in [-0.25, -0.2) is 4.79 Å². The summed E-state index contributed by atoms with van der Waals surface area (Å²) in [5.41, 5.74) is 5.63. The van der Waals surface area contributed by atoms with Gasteiger partial charge in [-0.3, -0.25) is 0 Å². The summed E-state index contributed by atoms with van der Waals surface area (Å²) in [5.74, 6) is 0.577. The van der Waals surface area contributed by atoms with Gasteiger partial charge in [0.2, 0.25) is 0 Å². The molecule has 100 valence electrons. The molecule has 1 rings (SSSR count). The van der Waals surface area contributed by atoms with Gasteiger partial charge in [0.05, 0.1) is 0 Å². The number of likely N-dealkylation sites (tertiary alicyclic amines) is 1. The summed E-state index contributed by atoms with van der Waals surface area (Å²) in [4.78, 5) is 13.0. The topological polar surface area (TPSA) is 66.6 Å². The molecular weight excluding hydrogens is 216 g/mol. The van der Waals surface area contributed by atoms with Gasteiger partial charge in [-0.05, 0) is 43.6 Å². The van der Waals surface area contributed by atoms with Gasteiger partial charge >= 0.3 is 6.09 Å². The van der Waals surface area contributed by atoms with Gasteiger partial charge in [-0.2, -0.15) is 0 Å². The molecular formula is C13H26N2O2. The molecule has 1 heterocycles. The van der Waals surface area contributed by atoms with Crippen LogP contribution in [0.2, 0.25) is 0 Å². The van der Waals surface area contributed by atoms with Gasteiger partial charge in [-0.15, -0.1) is 0 Å². The lowest BCUT2D eigenvalue weighted by atomic mass is 9.80. The summed E-state index contributed by atoms with van der Waals surface area (Å²) in [5, 5.41) is 9.31. The van der Waals surface area contributed by atoms with Crippen molar-refractivity contribution in [2.75, 3.05) is 13.1 Å². The number of nitrogens with two attached hydrogens (primary N) is 1. The van der Waals surface area contributed by atoms with Gasteiger partial charge in [0.25, 0.3) is 0 Å². The Morgan fingerprint density at radius 3 is 2.59 bits per heavy atom. The first-order valence-electron chi connectivity index (χ1n) is 6.56. The van der Waals surface area contributed by atoms with E-state index in [1.54, 1.807) is 4.90 Å². The maximum absolute atomic E-state index is 11.3. The Bertz CT molecular complexity index is 261. The standard InChI is InChI=1S/C13H26N2O2/c1-13(2,3)11-9-10(6-7-14)5-4-8-15(11)12(16)17/h10-11H,4-9,14H2,1-3H3,(H,16,17). The van der Waals surface area contributed by atoms with Crippen LogP contribution in [0.5, 0.6) is 0 Å². The third-order valence-corrected chi connectivity index (χ3v) is 3.76. The first kappa shape index (κ1) is 14.3. The van der Waals surface area contributed by atoms with E-state index in [1.165, 1.54) is 0 Å². The average molecular weight is 242 g/mol. The van der Waals surface area contributed by atoms with Crippen LogP contribution in [0.25, 0.3) is 0 Å². The number of carbonyl (C=O) groups is 1. The lowest BCUT2D eigenvalue weighted by Crippen LogP contribution is -2.47. The minimum Gasteiger partial charge on any atom is -0.465 e. The third kappa shape index (κ3) is 3.87. The molecule has 17 heavy (non-hydrogen) atoms. The van der Waals surface area contributed by atoms with Crippen LogP contribution in [-0.4, -0.2) is 35.2 Å². The van der Waals surface area contributed by atoms with Crippen LogP contribution in [0.1, 0.15) is 46.5 Å². The maximum Gasteiger partial charge on any atom is 0.407 e. The van der Waals surface area contributed by atoms with Gasteiger partial charge < -0.3 is 15.7 Å². The molecule has 0 aromatic rings. The first-order valence-corrected chi connectivity index (χ1v) is 6.56. The van der Waals surface area contributed by atoms with Gasteiger partial charge in [-0.1, -0.05) is 20.8 Å². The minimum absolute atomic E-state index is 0.00439. The Kier molecular flexibility index (Phi) is 4.80. The normalized spacial score (nSPS) is 26.7. The third-order valence-electron chi connectivity index (χ3n) is 3.76. The number of carboxylic acid groups (broad SMARTS) is 1. The lowest BCUT2D eigenvalue weighted by molar-refractivity contribution is 0.0786. The fourth-order valence-electron chi connectivity index (χ4n) is 2.81. The monoisotopic (exact) mass is 242 g/mol. The molecule has 1 amide bonds. The first-order chi connectivity index (χ1) is 7.86. The van der Waals surface area contributed by atoms with Crippen LogP contribution in [0.4, 0.5) is 4.79 Å². The van der Waals surface area contributed by atoms with Crippen molar-refractivity contribution < 1.29 is 9.90 Å². The molecule has 4 heteroatoms. The summed E-state index contributed by atoms with van der Waals surface area (Å²) in [6.07, 6.45) is 3.25. The van der Waals surface area contributed by atoms with E-state index in [1.807, 2.05) is 0 Å². The molecule has 2 unspecified atom stereocenters. The van der Waals surface area contributed by atoms with Gasteiger partial charge in [0.15, 0.2) is 0 Å². The lowest BCUT2D eigenvalue weighted by Gasteiger charge is -2.38. The SMILES string of the molecule is CC(C)(C)C1CC(CCN)CCCN1C(=O)O. The zero-order valence-corrected chi connectivity index (χ0v) is 11.3. The van der Waals surface area contributed by atoms with E-state index in [-0.39, 0.29) is 11.5 Å². The van der Waals surface area contributed by atoms with Crippen LogP contribution in [0.3, 0.4) is 0 Å². The molecule has 0 radical (unpaired) electrons. The summed E-state index contributed by atoms with van der Waals surface area (Å²) in [7, 11) is 0. The Balaban J connectivity index is 2.83. The van der Waals surface area contributed by atoms with Crippen molar-refractivity contribution in [1.29, 1.82) is 0 Å². The molecule has 0 aliphatic carbocycles. The highest BCUT2D eigenvalue weighted by Gasteiger charge is 2.36. The summed E-state index contributed by atoms with van der Waals surface area (Å²) >= 11 is 0. The van der Waals surface area contributed by atoms with Crippen LogP contribution in [-0.2, 0) is 0 Å². The van der Waals surface area contributed by atoms with E-state index in [9.17, 15) is 9.90 Å². The molecule has 1 aliphatic rings. The number of amides is 1. The highest BCUT2D eigenvalue weighted by Crippen LogP contribution is 2.34. The van der Waals surface area contributed by atoms with E-state index in [4.69, 9.17) is 5.73 Å². The molecule has 0 aromatic heterocycles. The largest absolute Gasteiger partial charge is 0.465 e. The van der Waals surface area contributed by atoms with Gasteiger partial charge in [0.1, 0.15) is 0 Å². The predicted molar refractivity (Wildman–Crippen MR) is 69.0 cm³/mol. The van der Waals surface area contributed by atoms with E-state index in [0.29, 0.717) is 19.0 Å². The van der Waals surface area contributed by atoms with Crippen molar-refractivity contribution in [1.82, 2.24) is 4.90 Å². The summed E-state index contributed by atoms with van der Waals surface area (Å²) < 4.78 is 0. The number of nitrogens with zero attached hydrogens (tertiary/aromatic N) is 1. The van der Waals surface area contributed by atoms with E-state index in [2.05, 4.69) is 20.8 Å². The van der Waals surface area contributed by atoms with E-state index >= 15 is 0 Å². The fraction of sp³-hybridized carbons (Fsp3) is 0.923. The van der Waals surface area contributed by atoms with Crippen LogP contribution in [0, 0.1) is 11.3 Å². The molecule has 3 N–H and O–H groups in total. The van der Waals surface area contributed by atoms with Crippen molar-refractivity contribution in [3.63, 3.8) is 0 Å². The number of hydrogen-bond acceptors (Lipinski definition) is 2. The minimum atomic E-state index is -0.779. The summed E-state index contributed by atoms with van der Waals surface area (Å²) in [6.45, 7) is 7.74. The van der Waals surface area contributed by atoms with Crippen LogP contribution in [0.15, 0.2) is 0 Å². The Labute approximate surface area is 104 Å². The smallest absolute Gasteiger partial charge is 0.407 e. The second-order valence-electron chi connectivity index (χ2n) is 6.18. The van der Waals surface area contributed by atoms with Crippen molar-refractivity contribution in [2.45, 2.75) is 52.5 Å². The molecule has 1 saturated heterocycles. The van der Waals surface area contributed by atoms with Crippen molar-refractivity contribution in [3.8, 4) is 0 Å². The zero-order valence-electron chi connectivity index (χ0n) is 11.3. The average Bonchev–Trinajstić information content (AvgIpc) is 2.40. The van der Waals surface area contributed by atoms with E-state index < -0.39 is 6.09 Å². The van der Waals surface area contributed by atoms with Crippen molar-refractivity contribution in [2.24, 2.45) is 17.1 Å². The number of hydrogen-bond donors (Lipinski definition) is 2. The van der Waals surface area contributed by atoms with E-state index in [0.717, 1.165) is 25.7 Å². The Morgan fingerprint density at radius 1 is 1.47 bits per heavy atom. The summed E-state index contributed by atoms with van der Waals surface area (Å²) in [6, 6.07) is 0.110. The van der Waals surface area contributed by atoms with Gasteiger partial charge in [0, 0.05) is 12.6 Å². The second-order valence-corrected chi connectivity index (χ2v) is 6.18. The fourth-order valence-corrected chi connectivity index (χ4v) is 2.81. The maximum atomic E-state index is 11.3. The predicted octanol–water partition coefficient (Wildman–Crippen LogP) is 2.53. The quantitative estimate of drug-likeness (QED) is 0.782. The highest BCUT2D eigenvalue weighted by molar-refractivity contribution is 5.65. The molecule has 1 aliphatic heterocycles. The zero-order chi connectivity index (χ0) is 13.1. The van der Waals surface area contributed by atoms with Crippen LogP contribution < -0.4 is 5.73 Å². The Morgan fingerprint density at radius 2 is 2.12 bits per heavy atom. The molecule has 2 atom stereocenters. The van der Waals surface area contributed by atoms with Crippen molar-refractivity contribution in [3.05, 3.63) is 0 Å². The van der Waals surface area contributed by atoms with Crippen LogP contribution >= 0.6 is 0 Å². The molecule has 0 bridgehead atoms. The molecule has 0 aromatic carbocycles. The molecule has 0 saturated carbocycles. The molecule has 0 spiro atoms. The highest BCUT2D eigenvalue weighted by atomic mass is 16.4. The Hall–Kier alpha value is -0.770. The van der Waals surface area contributed by atoms with Crippen molar-refractivity contribution >= 4 is 6.09 Å². The second kappa shape index (κ2) is 5.71. The number of rotatable bonds is 2.